The maximum atomic E-state index is 12.1. The van der Waals surface area contributed by atoms with E-state index in [4.69, 9.17) is 0 Å². The van der Waals surface area contributed by atoms with Crippen LogP contribution in [0.1, 0.15) is 47.5 Å². The number of rotatable bonds is 3. The maximum Gasteiger partial charge on any atom is 0.237 e. The molecule has 1 unspecified atom stereocenters. The van der Waals surface area contributed by atoms with Crippen molar-refractivity contribution in [3.05, 3.63) is 21.4 Å². The van der Waals surface area contributed by atoms with E-state index in [-0.39, 0.29) is 30.4 Å². The van der Waals surface area contributed by atoms with Crippen LogP contribution < -0.4 is 10.6 Å². The monoisotopic (exact) mass is 302 g/mol. The van der Waals surface area contributed by atoms with E-state index in [1.165, 1.54) is 21.7 Å². The van der Waals surface area contributed by atoms with Crippen molar-refractivity contribution < 1.29 is 4.79 Å². The van der Waals surface area contributed by atoms with Crippen molar-refractivity contribution in [2.24, 2.45) is 0 Å². The number of halogens is 1. The Morgan fingerprint density at radius 1 is 1.47 bits per heavy atom. The standard InChI is InChI=1S/C14H22N2OS.ClH/c1-9-8-12(11(3)18-9)10(2)16-14(17)13-6-4-5-7-15-13;/h8,10,13,15H,4-7H2,1-3H3,(H,16,17);1H/t10?,13-;/m1./s1. The summed E-state index contributed by atoms with van der Waals surface area (Å²) in [5.74, 6) is 0.144. The number of aryl methyl sites for hydroxylation is 2. The lowest BCUT2D eigenvalue weighted by Gasteiger charge is -2.24. The summed E-state index contributed by atoms with van der Waals surface area (Å²) in [6.07, 6.45) is 3.29. The van der Waals surface area contributed by atoms with E-state index in [0.717, 1.165) is 19.4 Å². The lowest BCUT2D eigenvalue weighted by molar-refractivity contribution is -0.124. The van der Waals surface area contributed by atoms with Gasteiger partial charge in [0, 0.05) is 9.75 Å². The van der Waals surface area contributed by atoms with Crippen LogP contribution in [0.25, 0.3) is 0 Å². The van der Waals surface area contributed by atoms with Crippen molar-refractivity contribution in [1.29, 1.82) is 0 Å². The minimum atomic E-state index is 0. The van der Waals surface area contributed by atoms with Gasteiger partial charge in [0.15, 0.2) is 0 Å². The van der Waals surface area contributed by atoms with Gasteiger partial charge in [0.1, 0.15) is 0 Å². The number of thiophene rings is 1. The van der Waals surface area contributed by atoms with Crippen molar-refractivity contribution in [3.8, 4) is 0 Å². The van der Waals surface area contributed by atoms with Gasteiger partial charge in [-0.2, -0.15) is 0 Å². The van der Waals surface area contributed by atoms with E-state index in [1.54, 1.807) is 11.3 Å². The zero-order chi connectivity index (χ0) is 13.1. The number of piperidine rings is 1. The summed E-state index contributed by atoms with van der Waals surface area (Å²) in [5.41, 5.74) is 1.25. The van der Waals surface area contributed by atoms with Gasteiger partial charge in [0.2, 0.25) is 5.91 Å². The Labute approximate surface area is 125 Å². The minimum absolute atomic E-state index is 0. The van der Waals surface area contributed by atoms with Gasteiger partial charge < -0.3 is 10.6 Å². The molecule has 1 amide bonds. The quantitative estimate of drug-likeness (QED) is 0.901. The van der Waals surface area contributed by atoms with Crippen LogP contribution in [0.2, 0.25) is 0 Å². The highest BCUT2D eigenvalue weighted by Gasteiger charge is 2.22. The fourth-order valence-electron chi connectivity index (χ4n) is 2.55. The SMILES string of the molecule is Cc1cc(C(C)NC(=O)[C@H]2CCCCN2)c(C)s1.Cl. The van der Waals surface area contributed by atoms with Gasteiger partial charge in [-0.3, -0.25) is 4.79 Å². The Morgan fingerprint density at radius 3 is 2.74 bits per heavy atom. The molecule has 0 aliphatic carbocycles. The molecule has 3 nitrogen and oxygen atoms in total. The first kappa shape index (κ1) is 16.5. The van der Waals surface area contributed by atoms with Crippen LogP contribution in [0.3, 0.4) is 0 Å². The van der Waals surface area contributed by atoms with Crippen LogP contribution in [0.5, 0.6) is 0 Å². The fourth-order valence-corrected chi connectivity index (χ4v) is 3.57. The highest BCUT2D eigenvalue weighted by molar-refractivity contribution is 7.12. The van der Waals surface area contributed by atoms with E-state index in [2.05, 4.69) is 37.5 Å². The summed E-state index contributed by atoms with van der Waals surface area (Å²) >= 11 is 1.79. The molecular formula is C14H23ClN2OS. The van der Waals surface area contributed by atoms with Gasteiger partial charge in [-0.15, -0.1) is 23.7 Å². The molecule has 0 spiro atoms. The molecule has 1 aliphatic heterocycles. The van der Waals surface area contributed by atoms with Gasteiger partial charge in [0.25, 0.3) is 0 Å². The van der Waals surface area contributed by atoms with Crippen LogP contribution >= 0.6 is 23.7 Å². The molecule has 2 rings (SSSR count). The zero-order valence-electron chi connectivity index (χ0n) is 11.8. The van der Waals surface area contributed by atoms with Gasteiger partial charge in [-0.1, -0.05) is 6.42 Å². The van der Waals surface area contributed by atoms with E-state index in [1.807, 2.05) is 0 Å². The second-order valence-electron chi connectivity index (χ2n) is 5.10. The topological polar surface area (TPSA) is 41.1 Å². The van der Waals surface area contributed by atoms with Gasteiger partial charge >= 0.3 is 0 Å². The number of hydrogen-bond donors (Lipinski definition) is 2. The molecular weight excluding hydrogens is 280 g/mol. The molecule has 108 valence electrons. The first-order chi connectivity index (χ1) is 8.58. The van der Waals surface area contributed by atoms with Crippen molar-refractivity contribution in [3.63, 3.8) is 0 Å². The van der Waals surface area contributed by atoms with Crippen LogP contribution in [0.4, 0.5) is 0 Å². The van der Waals surface area contributed by atoms with Crippen LogP contribution in [0.15, 0.2) is 6.07 Å². The van der Waals surface area contributed by atoms with Gasteiger partial charge in [0.05, 0.1) is 12.1 Å². The molecule has 2 heterocycles. The second-order valence-corrected chi connectivity index (χ2v) is 6.56. The molecule has 0 radical (unpaired) electrons. The molecule has 1 aliphatic rings. The lowest BCUT2D eigenvalue weighted by atomic mass is 10.0. The maximum absolute atomic E-state index is 12.1. The summed E-state index contributed by atoms with van der Waals surface area (Å²) in [6.45, 7) is 7.26. The molecule has 2 N–H and O–H groups in total. The lowest BCUT2D eigenvalue weighted by Crippen LogP contribution is -2.47. The van der Waals surface area contributed by atoms with Crippen molar-refractivity contribution in [2.45, 2.75) is 52.1 Å². The van der Waals surface area contributed by atoms with E-state index in [9.17, 15) is 4.79 Å². The summed E-state index contributed by atoms with van der Waals surface area (Å²) in [6, 6.07) is 2.28. The molecule has 0 saturated carbocycles. The van der Waals surface area contributed by atoms with Crippen molar-refractivity contribution >= 4 is 29.7 Å². The largest absolute Gasteiger partial charge is 0.348 e. The first-order valence-corrected chi connectivity index (χ1v) is 7.50. The van der Waals surface area contributed by atoms with Crippen LogP contribution in [-0.2, 0) is 4.79 Å². The Kier molecular flexibility index (Phi) is 6.30. The summed E-state index contributed by atoms with van der Waals surface area (Å²) in [7, 11) is 0. The Hall–Kier alpha value is -0.580. The number of hydrogen-bond acceptors (Lipinski definition) is 3. The highest BCUT2D eigenvalue weighted by Crippen LogP contribution is 2.26. The molecule has 2 atom stereocenters. The molecule has 1 aromatic heterocycles. The normalized spacial score (nSPS) is 20.5. The first-order valence-electron chi connectivity index (χ1n) is 6.68. The third-order valence-electron chi connectivity index (χ3n) is 3.53. The average Bonchev–Trinajstić information content (AvgIpc) is 2.69. The number of carbonyl (C=O) groups is 1. The third-order valence-corrected chi connectivity index (χ3v) is 4.51. The van der Waals surface area contributed by atoms with Gasteiger partial charge in [-0.05, 0) is 51.8 Å². The van der Waals surface area contributed by atoms with E-state index < -0.39 is 0 Å². The molecule has 1 fully saturated rings. The molecule has 0 bridgehead atoms. The molecule has 19 heavy (non-hydrogen) atoms. The number of amides is 1. The smallest absolute Gasteiger partial charge is 0.237 e. The number of carbonyl (C=O) groups excluding carboxylic acids is 1. The predicted octanol–water partition coefficient (Wildman–Crippen LogP) is 3.11. The van der Waals surface area contributed by atoms with Crippen LogP contribution in [-0.4, -0.2) is 18.5 Å². The van der Waals surface area contributed by atoms with E-state index >= 15 is 0 Å². The summed E-state index contributed by atoms with van der Waals surface area (Å²) in [5, 5.41) is 6.41. The molecule has 1 aromatic rings. The van der Waals surface area contributed by atoms with Crippen molar-refractivity contribution in [2.75, 3.05) is 6.54 Å². The van der Waals surface area contributed by atoms with Crippen LogP contribution in [0, 0.1) is 13.8 Å². The number of nitrogens with one attached hydrogen (secondary N) is 2. The average molecular weight is 303 g/mol. The fraction of sp³-hybridized carbons (Fsp3) is 0.643. The Bertz CT molecular complexity index is 427. The highest BCUT2D eigenvalue weighted by atomic mass is 35.5. The summed E-state index contributed by atoms with van der Waals surface area (Å²) < 4.78 is 0. The Morgan fingerprint density at radius 2 is 2.21 bits per heavy atom. The second kappa shape index (κ2) is 7.27. The van der Waals surface area contributed by atoms with E-state index in [0.29, 0.717) is 0 Å². The zero-order valence-corrected chi connectivity index (χ0v) is 13.4. The predicted molar refractivity (Wildman–Crippen MR) is 83.2 cm³/mol. The molecule has 0 aromatic carbocycles. The minimum Gasteiger partial charge on any atom is -0.348 e. The Balaban J connectivity index is 0.00000180. The molecule has 1 saturated heterocycles. The van der Waals surface area contributed by atoms with Gasteiger partial charge in [-0.25, -0.2) is 0 Å². The summed E-state index contributed by atoms with van der Waals surface area (Å²) in [4.78, 5) is 14.7. The third kappa shape index (κ3) is 4.20. The van der Waals surface area contributed by atoms with Crippen molar-refractivity contribution in [1.82, 2.24) is 10.6 Å². The molecule has 5 heteroatoms.